The number of fused-ring (bicyclic) bond motifs is 1. The van der Waals surface area contributed by atoms with Crippen molar-refractivity contribution in [2.24, 2.45) is 0 Å². The lowest BCUT2D eigenvalue weighted by Gasteiger charge is -2.28. The van der Waals surface area contributed by atoms with Crippen molar-refractivity contribution in [1.82, 2.24) is 30.1 Å². The van der Waals surface area contributed by atoms with Crippen LogP contribution < -0.4 is 10.2 Å². The summed E-state index contributed by atoms with van der Waals surface area (Å²) in [6.45, 7) is 5.81. The highest BCUT2D eigenvalue weighted by Gasteiger charge is 2.16. The number of H-pyrrole nitrogens is 1. The Morgan fingerprint density at radius 3 is 2.60 bits per heavy atom. The predicted molar refractivity (Wildman–Crippen MR) is 117 cm³/mol. The number of hydrogen-bond donors (Lipinski definition) is 2. The summed E-state index contributed by atoms with van der Waals surface area (Å²) in [6, 6.07) is 10.4. The molecule has 1 aliphatic rings. The van der Waals surface area contributed by atoms with Crippen molar-refractivity contribution in [3.63, 3.8) is 0 Å². The second kappa shape index (κ2) is 7.97. The van der Waals surface area contributed by atoms with Crippen LogP contribution in [-0.2, 0) is 0 Å². The fraction of sp³-hybridized carbons (Fsp3) is 0.273. The third-order valence-corrected chi connectivity index (χ3v) is 5.23. The molecule has 0 saturated carbocycles. The Morgan fingerprint density at radius 2 is 1.93 bits per heavy atom. The first-order chi connectivity index (χ1) is 14.2. The Morgan fingerprint density at radius 1 is 1.10 bits per heavy atom. The lowest BCUT2D eigenvalue weighted by atomic mass is 10.0. The van der Waals surface area contributed by atoms with Crippen molar-refractivity contribution in [2.45, 2.75) is 14.4 Å². The van der Waals surface area contributed by atoms with Crippen LogP contribution in [-0.4, -0.2) is 51.0 Å². The molecule has 1 aliphatic heterocycles. The maximum absolute atomic E-state index is 9.55. The molecule has 5 rings (SSSR count). The molecule has 4 aromatic rings. The number of hydrogen-bond acceptors (Lipinski definition) is 6. The molecule has 1 fully saturated rings. The lowest BCUT2D eigenvalue weighted by Crippen LogP contribution is -2.43. The molecule has 0 atom stereocenters. The van der Waals surface area contributed by atoms with Crippen LogP contribution >= 0.6 is 0 Å². The average Bonchev–Trinajstić information content (AvgIpc) is 3.40. The van der Waals surface area contributed by atoms with Gasteiger partial charge < -0.3 is 10.2 Å². The van der Waals surface area contributed by atoms with Crippen molar-refractivity contribution < 1.29 is 0 Å². The van der Waals surface area contributed by atoms with Gasteiger partial charge in [-0.05, 0) is 31.2 Å². The number of aromatic nitrogens is 5. The molecule has 152 valence electrons. The number of aryl methyl sites for hydroxylation is 1. The molecule has 1 saturated heterocycles. The first kappa shape index (κ1) is 19.6. The van der Waals surface area contributed by atoms with Crippen molar-refractivity contribution >= 4 is 11.3 Å². The van der Waals surface area contributed by atoms with Gasteiger partial charge in [0, 0.05) is 61.0 Å². The zero-order valence-electron chi connectivity index (χ0n) is 16.1. The molecule has 0 spiro atoms. The van der Waals surface area contributed by atoms with Gasteiger partial charge in [0.05, 0.1) is 23.0 Å². The number of nitrogens with one attached hydrogen (secondary N) is 2. The number of pyridine rings is 2. The Balaban J connectivity index is 0.00000218. The van der Waals surface area contributed by atoms with Crippen molar-refractivity contribution in [3.05, 3.63) is 54.1 Å². The van der Waals surface area contributed by atoms with Crippen LogP contribution in [0.3, 0.4) is 0 Å². The van der Waals surface area contributed by atoms with Crippen LogP contribution in [0.4, 0.5) is 5.82 Å². The van der Waals surface area contributed by atoms with Gasteiger partial charge in [-0.25, -0.2) is 9.50 Å². The first-order valence-electron chi connectivity index (χ1n) is 9.59. The van der Waals surface area contributed by atoms with Crippen LogP contribution in [0.5, 0.6) is 0 Å². The smallest absolute Gasteiger partial charge is 0.128 e. The molecule has 5 heterocycles. The summed E-state index contributed by atoms with van der Waals surface area (Å²) >= 11 is 0. The fourth-order valence-corrected chi connectivity index (χ4v) is 3.76. The molecule has 0 aliphatic carbocycles. The molecule has 0 bridgehead atoms. The maximum Gasteiger partial charge on any atom is 0.128 e. The minimum Gasteiger partial charge on any atom is -0.354 e. The highest BCUT2D eigenvalue weighted by Crippen LogP contribution is 2.32. The van der Waals surface area contributed by atoms with Crippen LogP contribution in [0.25, 0.3) is 27.9 Å². The number of nitriles is 1. The molecule has 0 aromatic carbocycles. The average molecular weight is 400 g/mol. The quantitative estimate of drug-likeness (QED) is 0.549. The monoisotopic (exact) mass is 400 g/mol. The van der Waals surface area contributed by atoms with Gasteiger partial charge in [-0.1, -0.05) is 7.43 Å². The predicted octanol–water partition coefficient (Wildman–Crippen LogP) is 3.01. The number of nitrogens with zero attached hydrogens (tertiary/aromatic N) is 6. The Hall–Kier alpha value is -3.70. The number of aromatic amines is 1. The SMILES string of the molecule is C.Cc1cc(-c2cc(-c3ccc(N4CCNCC4)nc3)c3c(C#N)cnn3c2)n[nH]1. The summed E-state index contributed by atoms with van der Waals surface area (Å²) in [5.74, 6) is 0.972. The number of rotatable bonds is 3. The minimum absolute atomic E-state index is 0. The fourth-order valence-electron chi connectivity index (χ4n) is 3.76. The van der Waals surface area contributed by atoms with Gasteiger partial charge in [0.15, 0.2) is 0 Å². The van der Waals surface area contributed by atoms with E-state index in [1.54, 1.807) is 10.7 Å². The van der Waals surface area contributed by atoms with Crippen molar-refractivity contribution in [3.8, 4) is 28.5 Å². The van der Waals surface area contributed by atoms with E-state index in [0.29, 0.717) is 5.56 Å². The van der Waals surface area contributed by atoms with Gasteiger partial charge >= 0.3 is 0 Å². The summed E-state index contributed by atoms with van der Waals surface area (Å²) in [7, 11) is 0. The second-order valence-electron chi connectivity index (χ2n) is 7.18. The molecular weight excluding hydrogens is 376 g/mol. The third kappa shape index (κ3) is 3.40. The van der Waals surface area contributed by atoms with Crippen LogP contribution in [0, 0.1) is 18.3 Å². The van der Waals surface area contributed by atoms with Crippen LogP contribution in [0.2, 0.25) is 0 Å². The summed E-state index contributed by atoms with van der Waals surface area (Å²) in [5, 5.41) is 24.6. The van der Waals surface area contributed by atoms with E-state index < -0.39 is 0 Å². The highest BCUT2D eigenvalue weighted by molar-refractivity contribution is 5.87. The standard InChI is InChI=1S/C21H20N8.CH4/c1-14-8-19(27-26-14)16-9-18(21-17(10-22)12-25-29(21)13-16)15-2-3-20(24-11-15)28-6-4-23-5-7-28;/h2-3,8-9,11-13,23H,4-7H2,1H3,(H,26,27);1H4. The van der Waals surface area contributed by atoms with Crippen molar-refractivity contribution in [2.75, 3.05) is 31.1 Å². The topological polar surface area (TPSA) is 97.9 Å². The molecule has 0 radical (unpaired) electrons. The molecule has 4 aromatic heterocycles. The van der Waals surface area contributed by atoms with Gasteiger partial charge in [-0.15, -0.1) is 0 Å². The molecule has 8 heteroatoms. The van der Waals surface area contributed by atoms with Gasteiger partial charge in [-0.3, -0.25) is 5.10 Å². The molecule has 0 amide bonds. The minimum atomic E-state index is 0. The Kier molecular flexibility index (Phi) is 5.21. The third-order valence-electron chi connectivity index (χ3n) is 5.23. The summed E-state index contributed by atoms with van der Waals surface area (Å²) in [5.41, 5.74) is 5.93. The van der Waals surface area contributed by atoms with E-state index in [4.69, 9.17) is 4.98 Å². The van der Waals surface area contributed by atoms with Gasteiger partial charge in [0.1, 0.15) is 11.9 Å². The van der Waals surface area contributed by atoms with Gasteiger partial charge in [-0.2, -0.15) is 15.5 Å². The maximum atomic E-state index is 9.55. The zero-order valence-corrected chi connectivity index (χ0v) is 16.1. The largest absolute Gasteiger partial charge is 0.354 e. The van der Waals surface area contributed by atoms with E-state index in [0.717, 1.165) is 65.6 Å². The number of anilines is 1. The van der Waals surface area contributed by atoms with E-state index in [-0.39, 0.29) is 7.43 Å². The molecule has 0 unspecified atom stereocenters. The van der Waals surface area contributed by atoms with E-state index in [1.165, 1.54) is 0 Å². The van der Waals surface area contributed by atoms with Crippen molar-refractivity contribution in [1.29, 1.82) is 5.26 Å². The van der Waals surface area contributed by atoms with Crippen LogP contribution in [0.1, 0.15) is 18.7 Å². The van der Waals surface area contributed by atoms with Gasteiger partial charge in [0.2, 0.25) is 0 Å². The molecular formula is C22H24N8. The lowest BCUT2D eigenvalue weighted by molar-refractivity contribution is 0.585. The summed E-state index contributed by atoms with van der Waals surface area (Å²) < 4.78 is 1.75. The Bertz CT molecular complexity index is 1210. The van der Waals surface area contributed by atoms with Gasteiger partial charge in [0.25, 0.3) is 0 Å². The van der Waals surface area contributed by atoms with E-state index in [2.05, 4.69) is 43.7 Å². The van der Waals surface area contributed by atoms with E-state index >= 15 is 0 Å². The van der Waals surface area contributed by atoms with E-state index in [1.807, 2.05) is 31.5 Å². The molecule has 8 nitrogen and oxygen atoms in total. The summed E-state index contributed by atoms with van der Waals surface area (Å²) in [4.78, 5) is 6.97. The summed E-state index contributed by atoms with van der Waals surface area (Å²) in [6.07, 6.45) is 5.37. The first-order valence-corrected chi connectivity index (χ1v) is 9.59. The highest BCUT2D eigenvalue weighted by atomic mass is 15.2. The normalized spacial score (nSPS) is 13.8. The molecule has 2 N–H and O–H groups in total. The Labute approximate surface area is 175 Å². The van der Waals surface area contributed by atoms with E-state index in [9.17, 15) is 5.26 Å². The van der Waals surface area contributed by atoms with Crippen LogP contribution in [0.15, 0.2) is 42.9 Å². The number of piperazine rings is 1. The zero-order chi connectivity index (χ0) is 19.8. The second-order valence-corrected chi connectivity index (χ2v) is 7.18. The molecule has 30 heavy (non-hydrogen) atoms.